The normalized spacial score (nSPS) is 25.2. The Morgan fingerprint density at radius 3 is 2.65 bits per heavy atom. The second-order valence-corrected chi connectivity index (χ2v) is 6.83. The van der Waals surface area contributed by atoms with Crippen molar-refractivity contribution in [3.63, 3.8) is 0 Å². The standard InChI is InChI=1S/C17H22N2O4/c1-6-7-18-9-13(20)19(16(18)22)10-23-15(21)14-12(8-11(2)3)17(14,4)5/h1,8,12,14H,7,9-10H2,2-5H3/t12-,14+/m0/s1. The fourth-order valence-corrected chi connectivity index (χ4v) is 2.97. The highest BCUT2D eigenvalue weighted by Crippen LogP contribution is 2.59. The number of rotatable bonds is 5. The van der Waals surface area contributed by atoms with Gasteiger partial charge in [-0.25, -0.2) is 9.69 Å². The number of hydrogen-bond donors (Lipinski definition) is 0. The lowest BCUT2D eigenvalue weighted by molar-refractivity contribution is -0.151. The van der Waals surface area contributed by atoms with Gasteiger partial charge in [0.1, 0.15) is 6.54 Å². The molecule has 0 aromatic carbocycles. The van der Waals surface area contributed by atoms with E-state index in [1.165, 1.54) is 4.90 Å². The maximum absolute atomic E-state index is 12.2. The third kappa shape index (κ3) is 3.24. The van der Waals surface area contributed by atoms with E-state index in [0.717, 1.165) is 10.5 Å². The Morgan fingerprint density at radius 2 is 2.09 bits per heavy atom. The van der Waals surface area contributed by atoms with Crippen LogP contribution in [0.15, 0.2) is 11.6 Å². The maximum atomic E-state index is 12.2. The molecule has 0 spiro atoms. The molecule has 2 atom stereocenters. The predicted octanol–water partition coefficient (Wildman–Crippen LogP) is 1.62. The summed E-state index contributed by atoms with van der Waals surface area (Å²) in [5, 5.41) is 0. The Labute approximate surface area is 136 Å². The fraction of sp³-hybridized carbons (Fsp3) is 0.588. The monoisotopic (exact) mass is 318 g/mol. The Bertz CT molecular complexity index is 611. The first-order valence-electron chi connectivity index (χ1n) is 7.54. The van der Waals surface area contributed by atoms with E-state index in [0.29, 0.717) is 0 Å². The van der Waals surface area contributed by atoms with E-state index in [-0.39, 0.29) is 43.0 Å². The zero-order valence-electron chi connectivity index (χ0n) is 14.0. The van der Waals surface area contributed by atoms with Crippen LogP contribution in [-0.2, 0) is 14.3 Å². The minimum absolute atomic E-state index is 0.0628. The molecule has 1 saturated carbocycles. The average molecular weight is 318 g/mol. The van der Waals surface area contributed by atoms with Gasteiger partial charge in [-0.1, -0.05) is 31.4 Å². The SMILES string of the molecule is C#CCN1CC(=O)N(COC(=O)[C@H]2[C@H](C=C(C)C)C2(C)C)C1=O. The van der Waals surface area contributed by atoms with Gasteiger partial charge in [0.2, 0.25) is 0 Å². The van der Waals surface area contributed by atoms with Gasteiger partial charge >= 0.3 is 12.0 Å². The van der Waals surface area contributed by atoms with Crippen LogP contribution in [0.3, 0.4) is 0 Å². The molecule has 2 rings (SSSR count). The number of allylic oxidation sites excluding steroid dienone is 2. The molecule has 0 bridgehead atoms. The molecule has 2 fully saturated rings. The molecule has 3 amide bonds. The van der Waals surface area contributed by atoms with Crippen LogP contribution in [0.25, 0.3) is 0 Å². The summed E-state index contributed by atoms with van der Waals surface area (Å²) in [5.74, 6) is 1.42. The molecule has 0 aromatic heterocycles. The van der Waals surface area contributed by atoms with Crippen LogP contribution in [0.5, 0.6) is 0 Å². The lowest BCUT2D eigenvalue weighted by Crippen LogP contribution is -2.36. The van der Waals surface area contributed by atoms with Crippen LogP contribution in [0.1, 0.15) is 27.7 Å². The van der Waals surface area contributed by atoms with Crippen molar-refractivity contribution in [2.45, 2.75) is 27.7 Å². The number of imide groups is 1. The Kier molecular flexibility index (Phi) is 4.51. The minimum atomic E-state index is -0.517. The summed E-state index contributed by atoms with van der Waals surface area (Å²) >= 11 is 0. The fourth-order valence-electron chi connectivity index (χ4n) is 2.97. The van der Waals surface area contributed by atoms with E-state index in [4.69, 9.17) is 11.2 Å². The summed E-state index contributed by atoms with van der Waals surface area (Å²) in [6.07, 6.45) is 7.21. The number of urea groups is 1. The van der Waals surface area contributed by atoms with Crippen molar-refractivity contribution < 1.29 is 19.1 Å². The summed E-state index contributed by atoms with van der Waals surface area (Å²) in [4.78, 5) is 38.2. The molecule has 124 valence electrons. The lowest BCUT2D eigenvalue weighted by Gasteiger charge is -2.15. The number of amides is 3. The van der Waals surface area contributed by atoms with E-state index < -0.39 is 11.9 Å². The molecule has 0 aromatic rings. The number of carbonyl (C=O) groups is 3. The molecule has 1 aliphatic heterocycles. The van der Waals surface area contributed by atoms with Crippen molar-refractivity contribution in [1.82, 2.24) is 9.80 Å². The van der Waals surface area contributed by atoms with Crippen LogP contribution in [-0.4, -0.2) is 47.5 Å². The van der Waals surface area contributed by atoms with Crippen molar-refractivity contribution in [3.8, 4) is 12.3 Å². The highest BCUT2D eigenvalue weighted by atomic mass is 16.5. The second kappa shape index (κ2) is 6.07. The van der Waals surface area contributed by atoms with E-state index in [2.05, 4.69) is 12.0 Å². The van der Waals surface area contributed by atoms with Crippen LogP contribution in [0.2, 0.25) is 0 Å². The van der Waals surface area contributed by atoms with Crippen LogP contribution in [0.4, 0.5) is 4.79 Å². The zero-order chi connectivity index (χ0) is 17.4. The van der Waals surface area contributed by atoms with Gasteiger partial charge in [0.15, 0.2) is 6.73 Å². The summed E-state index contributed by atoms with van der Waals surface area (Å²) in [5.41, 5.74) is 0.983. The first kappa shape index (κ1) is 17.1. The third-order valence-corrected chi connectivity index (χ3v) is 4.42. The third-order valence-electron chi connectivity index (χ3n) is 4.42. The molecule has 6 nitrogen and oxygen atoms in total. The average Bonchev–Trinajstić information content (AvgIpc) is 2.85. The van der Waals surface area contributed by atoms with Crippen LogP contribution in [0, 0.1) is 29.6 Å². The smallest absolute Gasteiger partial charge is 0.330 e. The van der Waals surface area contributed by atoms with Gasteiger partial charge in [-0.3, -0.25) is 9.59 Å². The van der Waals surface area contributed by atoms with Gasteiger partial charge in [-0.15, -0.1) is 6.42 Å². The Morgan fingerprint density at radius 1 is 1.43 bits per heavy atom. The molecule has 2 aliphatic rings. The predicted molar refractivity (Wildman–Crippen MR) is 83.8 cm³/mol. The van der Waals surface area contributed by atoms with Gasteiger partial charge in [-0.2, -0.15) is 0 Å². The summed E-state index contributed by atoms with van der Waals surface area (Å²) in [6, 6.07) is -0.517. The summed E-state index contributed by atoms with van der Waals surface area (Å²) in [6.45, 7) is 7.61. The topological polar surface area (TPSA) is 66.9 Å². The summed E-state index contributed by atoms with van der Waals surface area (Å²) < 4.78 is 5.20. The first-order valence-corrected chi connectivity index (χ1v) is 7.54. The van der Waals surface area contributed by atoms with E-state index >= 15 is 0 Å². The number of ether oxygens (including phenoxy) is 1. The highest BCUT2D eigenvalue weighted by molar-refractivity contribution is 6.02. The van der Waals surface area contributed by atoms with Gasteiger partial charge < -0.3 is 9.64 Å². The minimum Gasteiger partial charge on any atom is -0.443 e. The summed E-state index contributed by atoms with van der Waals surface area (Å²) in [7, 11) is 0. The van der Waals surface area contributed by atoms with Gasteiger partial charge in [0.25, 0.3) is 5.91 Å². The quantitative estimate of drug-likeness (QED) is 0.334. The zero-order valence-corrected chi connectivity index (χ0v) is 14.0. The van der Waals surface area contributed by atoms with Gasteiger partial charge in [-0.05, 0) is 25.2 Å². The molecule has 1 heterocycles. The van der Waals surface area contributed by atoms with E-state index in [1.54, 1.807) is 0 Å². The largest absolute Gasteiger partial charge is 0.443 e. The molecule has 1 aliphatic carbocycles. The number of terminal acetylenes is 1. The van der Waals surface area contributed by atoms with Gasteiger partial charge in [0.05, 0.1) is 12.5 Å². The van der Waals surface area contributed by atoms with Gasteiger partial charge in [0, 0.05) is 0 Å². The van der Waals surface area contributed by atoms with Crippen molar-refractivity contribution in [2.75, 3.05) is 19.8 Å². The lowest BCUT2D eigenvalue weighted by atomic mass is 10.1. The molecular weight excluding hydrogens is 296 g/mol. The van der Waals surface area contributed by atoms with Crippen LogP contribution >= 0.6 is 0 Å². The highest BCUT2D eigenvalue weighted by Gasteiger charge is 2.61. The van der Waals surface area contributed by atoms with Crippen LogP contribution < -0.4 is 0 Å². The molecule has 0 radical (unpaired) electrons. The van der Waals surface area contributed by atoms with Crippen molar-refractivity contribution in [1.29, 1.82) is 0 Å². The van der Waals surface area contributed by atoms with Crippen molar-refractivity contribution >= 4 is 17.9 Å². The maximum Gasteiger partial charge on any atom is 0.330 e. The molecular formula is C17H22N2O4. The number of esters is 1. The molecule has 23 heavy (non-hydrogen) atoms. The van der Waals surface area contributed by atoms with E-state index in [9.17, 15) is 14.4 Å². The molecule has 0 N–H and O–H groups in total. The first-order chi connectivity index (χ1) is 10.7. The van der Waals surface area contributed by atoms with Crippen molar-refractivity contribution in [3.05, 3.63) is 11.6 Å². The molecule has 1 saturated heterocycles. The Balaban J connectivity index is 1.93. The number of hydrogen-bond acceptors (Lipinski definition) is 4. The van der Waals surface area contributed by atoms with Crippen molar-refractivity contribution in [2.24, 2.45) is 17.3 Å². The number of nitrogens with zero attached hydrogens (tertiary/aromatic N) is 2. The van der Waals surface area contributed by atoms with E-state index in [1.807, 2.05) is 27.7 Å². The number of carbonyl (C=O) groups excluding carboxylic acids is 3. The second-order valence-electron chi connectivity index (χ2n) is 6.83. The molecule has 6 heteroatoms. The Hall–Kier alpha value is -2.29. The molecule has 0 unspecified atom stereocenters.